The Hall–Kier alpha value is -3.12. The van der Waals surface area contributed by atoms with Crippen molar-refractivity contribution in [1.29, 1.82) is 0 Å². The molecular weight excluding hydrogens is 318 g/mol. The van der Waals surface area contributed by atoms with Crippen molar-refractivity contribution in [3.8, 4) is 11.3 Å². The molecule has 6 nitrogen and oxygen atoms in total. The first kappa shape index (κ1) is 16.7. The van der Waals surface area contributed by atoms with Gasteiger partial charge in [0.25, 0.3) is 5.91 Å². The molecule has 0 spiro atoms. The summed E-state index contributed by atoms with van der Waals surface area (Å²) in [6, 6.07) is 18.5. The monoisotopic (exact) mass is 337 g/mol. The van der Waals surface area contributed by atoms with Gasteiger partial charge in [-0.2, -0.15) is 0 Å². The van der Waals surface area contributed by atoms with Gasteiger partial charge in [0, 0.05) is 36.6 Å². The van der Waals surface area contributed by atoms with Crippen LogP contribution in [0.4, 0.5) is 11.4 Å². The number of aromatic nitrogens is 1. The number of carbonyl (C=O) groups is 1. The Balaban J connectivity index is 1.67. The van der Waals surface area contributed by atoms with Gasteiger partial charge in [0.05, 0.1) is 6.61 Å². The summed E-state index contributed by atoms with van der Waals surface area (Å²) >= 11 is 0. The SMILES string of the molecule is CN(CCO)c1ccc(NC(=O)c2cc(-c3ccccc3)no2)cc1. The van der Waals surface area contributed by atoms with Gasteiger partial charge in [0.1, 0.15) is 5.69 Å². The molecule has 0 aliphatic rings. The van der Waals surface area contributed by atoms with Crippen molar-refractivity contribution in [2.24, 2.45) is 0 Å². The number of amides is 1. The molecule has 0 saturated carbocycles. The first-order valence-corrected chi connectivity index (χ1v) is 7.93. The highest BCUT2D eigenvalue weighted by Crippen LogP contribution is 2.20. The molecule has 2 aromatic carbocycles. The van der Waals surface area contributed by atoms with E-state index in [0.29, 0.717) is 17.9 Å². The number of hydrogen-bond donors (Lipinski definition) is 2. The molecule has 25 heavy (non-hydrogen) atoms. The van der Waals surface area contributed by atoms with Crippen molar-refractivity contribution in [3.05, 3.63) is 66.4 Å². The minimum atomic E-state index is -0.355. The highest BCUT2D eigenvalue weighted by Gasteiger charge is 2.14. The van der Waals surface area contributed by atoms with Gasteiger partial charge >= 0.3 is 0 Å². The van der Waals surface area contributed by atoms with Crippen molar-refractivity contribution in [2.75, 3.05) is 30.4 Å². The first-order valence-electron chi connectivity index (χ1n) is 7.93. The summed E-state index contributed by atoms with van der Waals surface area (Å²) in [5.41, 5.74) is 3.12. The lowest BCUT2D eigenvalue weighted by Crippen LogP contribution is -2.21. The summed E-state index contributed by atoms with van der Waals surface area (Å²) in [6.45, 7) is 0.635. The van der Waals surface area contributed by atoms with Gasteiger partial charge in [-0.1, -0.05) is 35.5 Å². The predicted octanol–water partition coefficient (Wildman–Crippen LogP) is 3.02. The molecule has 1 amide bonds. The summed E-state index contributed by atoms with van der Waals surface area (Å²) in [5.74, 6) is -0.202. The molecule has 0 bridgehead atoms. The maximum Gasteiger partial charge on any atom is 0.294 e. The smallest absolute Gasteiger partial charge is 0.294 e. The number of aliphatic hydroxyl groups is 1. The van der Waals surface area contributed by atoms with Gasteiger partial charge in [-0.25, -0.2) is 0 Å². The van der Waals surface area contributed by atoms with E-state index in [1.165, 1.54) is 0 Å². The van der Waals surface area contributed by atoms with E-state index in [1.807, 2.05) is 54.4 Å². The van der Waals surface area contributed by atoms with E-state index < -0.39 is 0 Å². The Morgan fingerprint density at radius 3 is 2.56 bits per heavy atom. The Morgan fingerprint density at radius 1 is 1.16 bits per heavy atom. The third-order valence-corrected chi connectivity index (χ3v) is 3.80. The van der Waals surface area contributed by atoms with Crippen LogP contribution in [0.2, 0.25) is 0 Å². The van der Waals surface area contributed by atoms with Gasteiger partial charge in [-0.15, -0.1) is 0 Å². The maximum atomic E-state index is 12.3. The molecule has 0 fully saturated rings. The standard InChI is InChI=1S/C19H19N3O3/c1-22(11-12-23)16-9-7-15(8-10-16)20-19(24)18-13-17(21-25-18)14-5-3-2-4-6-14/h2-10,13,23H,11-12H2,1H3,(H,20,24). The normalized spacial score (nSPS) is 10.5. The molecule has 6 heteroatoms. The molecule has 0 saturated heterocycles. The Labute approximate surface area is 145 Å². The summed E-state index contributed by atoms with van der Waals surface area (Å²) in [7, 11) is 1.89. The molecule has 1 aromatic heterocycles. The van der Waals surface area contributed by atoms with Gasteiger partial charge in [-0.3, -0.25) is 4.79 Å². The quantitative estimate of drug-likeness (QED) is 0.723. The van der Waals surface area contributed by atoms with Gasteiger partial charge in [0.15, 0.2) is 0 Å². The number of rotatable bonds is 6. The van der Waals surface area contributed by atoms with E-state index in [9.17, 15) is 4.79 Å². The predicted molar refractivity (Wildman–Crippen MR) is 96.7 cm³/mol. The van der Waals surface area contributed by atoms with Gasteiger partial charge in [0.2, 0.25) is 5.76 Å². The van der Waals surface area contributed by atoms with Crippen LogP contribution in [0.1, 0.15) is 10.6 Å². The van der Waals surface area contributed by atoms with E-state index in [0.717, 1.165) is 11.3 Å². The van der Waals surface area contributed by atoms with Crippen molar-refractivity contribution in [2.45, 2.75) is 0 Å². The number of carbonyl (C=O) groups excluding carboxylic acids is 1. The highest BCUT2D eigenvalue weighted by atomic mass is 16.5. The molecule has 3 rings (SSSR count). The lowest BCUT2D eigenvalue weighted by atomic mass is 10.1. The van der Waals surface area contributed by atoms with E-state index in [1.54, 1.807) is 18.2 Å². The topological polar surface area (TPSA) is 78.6 Å². The highest BCUT2D eigenvalue weighted by molar-refractivity contribution is 6.02. The number of nitrogens with zero attached hydrogens (tertiary/aromatic N) is 2. The van der Waals surface area contributed by atoms with E-state index in [4.69, 9.17) is 9.63 Å². The van der Waals surface area contributed by atoms with E-state index in [-0.39, 0.29) is 18.3 Å². The van der Waals surface area contributed by atoms with Crippen LogP contribution in [-0.4, -0.2) is 36.4 Å². The molecule has 0 unspecified atom stereocenters. The fraction of sp³-hybridized carbons (Fsp3) is 0.158. The summed E-state index contributed by atoms with van der Waals surface area (Å²) < 4.78 is 5.15. The second kappa shape index (κ2) is 7.63. The van der Waals surface area contributed by atoms with Crippen LogP contribution in [0.3, 0.4) is 0 Å². The molecule has 1 heterocycles. The number of anilines is 2. The minimum absolute atomic E-state index is 0.0875. The van der Waals surface area contributed by atoms with Crippen LogP contribution in [-0.2, 0) is 0 Å². The zero-order chi connectivity index (χ0) is 17.6. The number of aliphatic hydroxyl groups excluding tert-OH is 1. The molecule has 0 atom stereocenters. The molecule has 128 valence electrons. The van der Waals surface area contributed by atoms with Crippen LogP contribution in [0.15, 0.2) is 65.2 Å². The Morgan fingerprint density at radius 2 is 1.88 bits per heavy atom. The summed E-state index contributed by atoms with van der Waals surface area (Å²) in [4.78, 5) is 14.2. The number of likely N-dealkylation sites (N-methyl/N-ethyl adjacent to an activating group) is 1. The van der Waals surface area contributed by atoms with Crippen LogP contribution < -0.4 is 10.2 Å². The average Bonchev–Trinajstić information content (AvgIpc) is 3.13. The lowest BCUT2D eigenvalue weighted by molar-refractivity contribution is 0.0988. The molecule has 0 aliphatic heterocycles. The van der Waals surface area contributed by atoms with Gasteiger partial charge < -0.3 is 19.8 Å². The molecule has 3 aromatic rings. The van der Waals surface area contributed by atoms with Crippen molar-refractivity contribution in [3.63, 3.8) is 0 Å². The van der Waals surface area contributed by atoms with Crippen LogP contribution in [0.5, 0.6) is 0 Å². The zero-order valence-corrected chi connectivity index (χ0v) is 13.8. The van der Waals surface area contributed by atoms with E-state index in [2.05, 4.69) is 10.5 Å². The molecule has 0 radical (unpaired) electrons. The average molecular weight is 337 g/mol. The van der Waals surface area contributed by atoms with Crippen molar-refractivity contribution >= 4 is 17.3 Å². The second-order valence-corrected chi connectivity index (χ2v) is 5.59. The van der Waals surface area contributed by atoms with Crippen molar-refractivity contribution in [1.82, 2.24) is 5.16 Å². The Kier molecular flexibility index (Phi) is 5.11. The lowest BCUT2D eigenvalue weighted by Gasteiger charge is -2.18. The molecular formula is C19H19N3O3. The van der Waals surface area contributed by atoms with Crippen LogP contribution >= 0.6 is 0 Å². The van der Waals surface area contributed by atoms with Gasteiger partial charge in [-0.05, 0) is 24.3 Å². The number of benzene rings is 2. The second-order valence-electron chi connectivity index (χ2n) is 5.59. The zero-order valence-electron chi connectivity index (χ0n) is 13.8. The third kappa shape index (κ3) is 4.05. The van der Waals surface area contributed by atoms with Crippen LogP contribution in [0, 0.1) is 0 Å². The Bertz CT molecular complexity index is 829. The maximum absolute atomic E-state index is 12.3. The number of nitrogens with one attached hydrogen (secondary N) is 1. The fourth-order valence-corrected chi connectivity index (χ4v) is 2.40. The molecule has 0 aliphatic carbocycles. The van der Waals surface area contributed by atoms with E-state index >= 15 is 0 Å². The van der Waals surface area contributed by atoms with Crippen LogP contribution in [0.25, 0.3) is 11.3 Å². The summed E-state index contributed by atoms with van der Waals surface area (Å²) in [6.07, 6.45) is 0. The largest absolute Gasteiger partial charge is 0.395 e. The van der Waals surface area contributed by atoms with Crippen molar-refractivity contribution < 1.29 is 14.4 Å². The fourth-order valence-electron chi connectivity index (χ4n) is 2.40. The number of hydrogen-bond acceptors (Lipinski definition) is 5. The molecule has 2 N–H and O–H groups in total. The minimum Gasteiger partial charge on any atom is -0.395 e. The third-order valence-electron chi connectivity index (χ3n) is 3.80. The summed E-state index contributed by atoms with van der Waals surface area (Å²) in [5, 5.41) is 15.7. The first-order chi connectivity index (χ1) is 12.2.